The predicted octanol–water partition coefficient (Wildman–Crippen LogP) is 2.27. The maximum absolute atomic E-state index is 11.6. The number of hydrogen-bond acceptors (Lipinski definition) is 4. The summed E-state index contributed by atoms with van der Waals surface area (Å²) in [6.45, 7) is 5.92. The van der Waals surface area contributed by atoms with Crippen LogP contribution in [0.3, 0.4) is 0 Å². The summed E-state index contributed by atoms with van der Waals surface area (Å²) in [6.07, 6.45) is 1.22. The molecule has 2 amide bonds. The fourth-order valence-electron chi connectivity index (χ4n) is 1.43. The second-order valence-electron chi connectivity index (χ2n) is 5.44. The molecule has 1 aromatic rings. The summed E-state index contributed by atoms with van der Waals surface area (Å²) >= 11 is 5.75. The minimum absolute atomic E-state index is 0.168. The number of hydrogen-bond donors (Lipinski definition) is 2. The van der Waals surface area contributed by atoms with Gasteiger partial charge in [0.05, 0.1) is 0 Å². The van der Waals surface area contributed by atoms with E-state index in [-0.39, 0.29) is 18.9 Å². The number of rotatable bonds is 5. The molecule has 0 radical (unpaired) electrons. The van der Waals surface area contributed by atoms with Crippen LogP contribution in [0.15, 0.2) is 18.3 Å². The van der Waals surface area contributed by atoms with Gasteiger partial charge in [-0.15, -0.1) is 0 Å². The van der Waals surface area contributed by atoms with Crippen LogP contribution >= 0.6 is 11.6 Å². The summed E-state index contributed by atoms with van der Waals surface area (Å²) in [5, 5.41) is 5.64. The number of amides is 2. The van der Waals surface area contributed by atoms with Gasteiger partial charge in [-0.2, -0.15) is 0 Å². The summed E-state index contributed by atoms with van der Waals surface area (Å²) in [6, 6.07) is 3.45. The minimum Gasteiger partial charge on any atom is -0.444 e. The first kappa shape index (κ1) is 17.2. The van der Waals surface area contributed by atoms with Crippen LogP contribution in [-0.4, -0.2) is 29.1 Å². The lowest BCUT2D eigenvalue weighted by atomic mass is 10.2. The highest BCUT2D eigenvalue weighted by atomic mass is 35.5. The van der Waals surface area contributed by atoms with Gasteiger partial charge < -0.3 is 15.4 Å². The minimum atomic E-state index is -0.549. The van der Waals surface area contributed by atoms with Crippen LogP contribution in [0.2, 0.25) is 5.15 Å². The first-order valence-corrected chi connectivity index (χ1v) is 6.98. The molecule has 0 spiro atoms. The van der Waals surface area contributed by atoms with Crippen molar-refractivity contribution in [1.82, 2.24) is 15.6 Å². The Balaban J connectivity index is 2.21. The summed E-state index contributed by atoms with van der Waals surface area (Å²) in [5.74, 6) is -0.168. The van der Waals surface area contributed by atoms with Crippen molar-refractivity contribution in [3.63, 3.8) is 0 Å². The molecule has 6 nitrogen and oxygen atoms in total. The van der Waals surface area contributed by atoms with Crippen molar-refractivity contribution in [2.75, 3.05) is 6.54 Å². The van der Waals surface area contributed by atoms with Crippen LogP contribution in [0, 0.1) is 0 Å². The van der Waals surface area contributed by atoms with E-state index >= 15 is 0 Å². The first-order chi connectivity index (χ1) is 9.76. The Bertz CT molecular complexity index is 500. The largest absolute Gasteiger partial charge is 0.444 e. The molecule has 2 N–H and O–H groups in total. The van der Waals surface area contributed by atoms with E-state index in [9.17, 15) is 9.59 Å². The molecule has 0 saturated carbocycles. The molecule has 116 valence electrons. The highest BCUT2D eigenvalue weighted by molar-refractivity contribution is 6.29. The molecule has 0 aliphatic heterocycles. The molecule has 21 heavy (non-hydrogen) atoms. The van der Waals surface area contributed by atoms with E-state index in [2.05, 4.69) is 15.6 Å². The first-order valence-electron chi connectivity index (χ1n) is 6.60. The molecule has 0 aliphatic carbocycles. The van der Waals surface area contributed by atoms with Crippen molar-refractivity contribution in [2.45, 2.75) is 39.3 Å². The Hall–Kier alpha value is -1.82. The van der Waals surface area contributed by atoms with Gasteiger partial charge in [-0.1, -0.05) is 11.6 Å². The number of aromatic nitrogens is 1. The lowest BCUT2D eigenvalue weighted by Crippen LogP contribution is -2.35. The SMILES string of the molecule is CC(C)(C)OC(=O)NCCC(=O)NCc1ccnc(Cl)c1. The second kappa shape index (κ2) is 7.83. The highest BCUT2D eigenvalue weighted by Gasteiger charge is 2.15. The predicted molar refractivity (Wildman–Crippen MR) is 79.9 cm³/mol. The molecule has 7 heteroatoms. The Labute approximate surface area is 129 Å². The molecule has 0 atom stereocenters. The number of alkyl carbamates (subject to hydrolysis) is 1. The van der Waals surface area contributed by atoms with Crippen molar-refractivity contribution in [2.24, 2.45) is 0 Å². The van der Waals surface area contributed by atoms with Crippen LogP contribution in [0.1, 0.15) is 32.8 Å². The standard InChI is InChI=1S/C14H20ClN3O3/c1-14(2,3)21-13(20)17-7-5-12(19)18-9-10-4-6-16-11(15)8-10/h4,6,8H,5,7,9H2,1-3H3,(H,17,20)(H,18,19). The van der Waals surface area contributed by atoms with Gasteiger partial charge in [0, 0.05) is 25.7 Å². The van der Waals surface area contributed by atoms with Gasteiger partial charge in [0.15, 0.2) is 0 Å². The van der Waals surface area contributed by atoms with E-state index in [4.69, 9.17) is 16.3 Å². The molecular formula is C14H20ClN3O3. The second-order valence-corrected chi connectivity index (χ2v) is 5.83. The number of nitrogens with zero attached hydrogens (tertiary/aromatic N) is 1. The average Bonchev–Trinajstić information content (AvgIpc) is 2.34. The summed E-state index contributed by atoms with van der Waals surface area (Å²) in [5.41, 5.74) is 0.316. The van der Waals surface area contributed by atoms with Crippen LogP contribution in [-0.2, 0) is 16.1 Å². The van der Waals surface area contributed by atoms with Crippen LogP contribution in [0.5, 0.6) is 0 Å². The summed E-state index contributed by atoms with van der Waals surface area (Å²) < 4.78 is 5.06. The number of ether oxygens (including phenoxy) is 1. The van der Waals surface area contributed by atoms with E-state index < -0.39 is 11.7 Å². The molecule has 0 aliphatic rings. The molecule has 0 fully saturated rings. The van der Waals surface area contributed by atoms with Gasteiger partial charge in [-0.25, -0.2) is 9.78 Å². The topological polar surface area (TPSA) is 80.3 Å². The van der Waals surface area contributed by atoms with Crippen LogP contribution in [0.25, 0.3) is 0 Å². The Morgan fingerprint density at radius 1 is 1.33 bits per heavy atom. The smallest absolute Gasteiger partial charge is 0.407 e. The normalized spacial score (nSPS) is 10.9. The number of carbonyl (C=O) groups is 2. The Morgan fingerprint density at radius 2 is 2.05 bits per heavy atom. The van der Waals surface area contributed by atoms with E-state index in [1.54, 1.807) is 39.1 Å². The maximum atomic E-state index is 11.6. The van der Waals surface area contributed by atoms with Crippen molar-refractivity contribution < 1.29 is 14.3 Å². The lowest BCUT2D eigenvalue weighted by molar-refractivity contribution is -0.121. The quantitative estimate of drug-likeness (QED) is 0.817. The fourth-order valence-corrected chi connectivity index (χ4v) is 1.63. The fraction of sp³-hybridized carbons (Fsp3) is 0.500. The lowest BCUT2D eigenvalue weighted by Gasteiger charge is -2.19. The van der Waals surface area contributed by atoms with Gasteiger partial charge in [0.2, 0.25) is 5.91 Å². The molecule has 1 heterocycles. The van der Waals surface area contributed by atoms with E-state index in [1.165, 1.54) is 0 Å². The zero-order chi connectivity index (χ0) is 15.9. The Morgan fingerprint density at radius 3 is 2.67 bits per heavy atom. The molecular weight excluding hydrogens is 294 g/mol. The summed E-state index contributed by atoms with van der Waals surface area (Å²) in [4.78, 5) is 26.8. The molecule has 0 unspecified atom stereocenters. The molecule has 1 aromatic heterocycles. The molecule has 0 aromatic carbocycles. The van der Waals surface area contributed by atoms with Gasteiger partial charge in [-0.05, 0) is 38.5 Å². The molecule has 0 bridgehead atoms. The number of carbonyl (C=O) groups excluding carboxylic acids is 2. The third kappa shape index (κ3) is 8.14. The van der Waals surface area contributed by atoms with Gasteiger partial charge >= 0.3 is 6.09 Å². The van der Waals surface area contributed by atoms with Crippen LogP contribution < -0.4 is 10.6 Å². The van der Waals surface area contributed by atoms with E-state index in [0.29, 0.717) is 11.7 Å². The average molecular weight is 314 g/mol. The van der Waals surface area contributed by atoms with Crippen molar-refractivity contribution in [3.8, 4) is 0 Å². The van der Waals surface area contributed by atoms with Crippen molar-refractivity contribution in [1.29, 1.82) is 0 Å². The number of nitrogens with one attached hydrogen (secondary N) is 2. The third-order valence-electron chi connectivity index (χ3n) is 2.30. The maximum Gasteiger partial charge on any atom is 0.407 e. The van der Waals surface area contributed by atoms with Gasteiger partial charge in [-0.3, -0.25) is 4.79 Å². The third-order valence-corrected chi connectivity index (χ3v) is 2.51. The number of halogens is 1. The van der Waals surface area contributed by atoms with Crippen molar-refractivity contribution in [3.05, 3.63) is 29.0 Å². The molecule has 1 rings (SSSR count). The van der Waals surface area contributed by atoms with E-state index in [1.807, 2.05) is 0 Å². The van der Waals surface area contributed by atoms with Gasteiger partial charge in [0.25, 0.3) is 0 Å². The monoisotopic (exact) mass is 313 g/mol. The zero-order valence-corrected chi connectivity index (χ0v) is 13.2. The van der Waals surface area contributed by atoms with Crippen molar-refractivity contribution >= 4 is 23.6 Å². The number of pyridine rings is 1. The molecule has 0 saturated heterocycles. The Kier molecular flexibility index (Phi) is 6.42. The zero-order valence-electron chi connectivity index (χ0n) is 12.4. The van der Waals surface area contributed by atoms with E-state index in [0.717, 1.165) is 5.56 Å². The highest BCUT2D eigenvalue weighted by Crippen LogP contribution is 2.07. The van der Waals surface area contributed by atoms with Gasteiger partial charge in [0.1, 0.15) is 10.8 Å². The van der Waals surface area contributed by atoms with Crippen LogP contribution in [0.4, 0.5) is 4.79 Å². The summed E-state index contributed by atoms with van der Waals surface area (Å²) in [7, 11) is 0.